The molecule has 1 saturated carbocycles. The van der Waals surface area contributed by atoms with E-state index in [1.807, 2.05) is 6.07 Å². The number of nitrogens with two attached hydrogens (primary N) is 1. The number of aromatic nitrogens is 2. The minimum absolute atomic E-state index is 0.293. The van der Waals surface area contributed by atoms with Crippen LogP contribution in [-0.4, -0.2) is 53.0 Å². The predicted octanol–water partition coefficient (Wildman–Crippen LogP) is 2.62. The van der Waals surface area contributed by atoms with Gasteiger partial charge in [-0.15, -0.1) is 0 Å². The molecule has 142 valence electrons. The van der Waals surface area contributed by atoms with Gasteiger partial charge in [-0.05, 0) is 28.8 Å². The van der Waals surface area contributed by atoms with Crippen LogP contribution in [0.25, 0.3) is 10.8 Å². The molecule has 6 nitrogen and oxygen atoms in total. The van der Waals surface area contributed by atoms with Crippen molar-refractivity contribution in [3.05, 3.63) is 66.5 Å². The summed E-state index contributed by atoms with van der Waals surface area (Å²) >= 11 is 0. The van der Waals surface area contributed by atoms with Crippen molar-refractivity contribution in [2.45, 2.75) is 18.4 Å². The van der Waals surface area contributed by atoms with Crippen molar-refractivity contribution in [3.63, 3.8) is 0 Å². The van der Waals surface area contributed by atoms with Crippen molar-refractivity contribution >= 4 is 22.7 Å². The van der Waals surface area contributed by atoms with Crippen LogP contribution >= 0.6 is 0 Å². The Hall–Kier alpha value is -3.15. The van der Waals surface area contributed by atoms with E-state index in [0.717, 1.165) is 38.5 Å². The van der Waals surface area contributed by atoms with E-state index in [1.165, 1.54) is 16.3 Å². The number of guanidine groups is 1. The van der Waals surface area contributed by atoms with Gasteiger partial charge in [0, 0.05) is 44.5 Å². The van der Waals surface area contributed by atoms with Gasteiger partial charge in [0.2, 0.25) is 5.95 Å². The van der Waals surface area contributed by atoms with Crippen LogP contribution in [0.2, 0.25) is 0 Å². The van der Waals surface area contributed by atoms with E-state index in [0.29, 0.717) is 17.9 Å². The topological polar surface area (TPSA) is 70.6 Å². The van der Waals surface area contributed by atoms with Crippen molar-refractivity contribution in [1.82, 2.24) is 14.9 Å². The van der Waals surface area contributed by atoms with Gasteiger partial charge in [-0.2, -0.15) is 0 Å². The fourth-order valence-electron chi connectivity index (χ4n) is 4.07. The number of benzene rings is 2. The maximum absolute atomic E-state index is 6.35. The molecule has 1 saturated heterocycles. The molecule has 28 heavy (non-hydrogen) atoms. The van der Waals surface area contributed by atoms with Crippen LogP contribution in [-0.2, 0) is 0 Å². The van der Waals surface area contributed by atoms with Gasteiger partial charge in [0.1, 0.15) is 0 Å². The number of hydrogen-bond donors (Lipinski definition) is 1. The van der Waals surface area contributed by atoms with Gasteiger partial charge in [-0.1, -0.05) is 42.5 Å². The van der Waals surface area contributed by atoms with E-state index in [9.17, 15) is 0 Å². The van der Waals surface area contributed by atoms with Crippen LogP contribution in [0, 0.1) is 0 Å². The third kappa shape index (κ3) is 3.26. The van der Waals surface area contributed by atoms with Crippen molar-refractivity contribution in [2.24, 2.45) is 10.7 Å². The first-order valence-corrected chi connectivity index (χ1v) is 9.87. The van der Waals surface area contributed by atoms with Crippen LogP contribution in [0.4, 0.5) is 5.95 Å². The Morgan fingerprint density at radius 1 is 0.929 bits per heavy atom. The van der Waals surface area contributed by atoms with Gasteiger partial charge >= 0.3 is 0 Å². The van der Waals surface area contributed by atoms with Crippen LogP contribution in [0.5, 0.6) is 0 Å². The van der Waals surface area contributed by atoms with Gasteiger partial charge in [-0.25, -0.2) is 15.0 Å². The molecule has 2 fully saturated rings. The summed E-state index contributed by atoms with van der Waals surface area (Å²) in [7, 11) is 0. The molecular weight excluding hydrogens is 348 g/mol. The number of hydrogen-bond acceptors (Lipinski definition) is 4. The molecular formula is C22H24N6. The fraction of sp³-hybridized carbons (Fsp3) is 0.318. The second-order valence-electron chi connectivity index (χ2n) is 7.49. The van der Waals surface area contributed by atoms with E-state index < -0.39 is 0 Å². The lowest BCUT2D eigenvalue weighted by Crippen LogP contribution is -2.51. The smallest absolute Gasteiger partial charge is 0.225 e. The Labute approximate surface area is 164 Å². The zero-order valence-electron chi connectivity index (χ0n) is 15.8. The minimum Gasteiger partial charge on any atom is -0.370 e. The molecule has 2 heterocycles. The lowest BCUT2D eigenvalue weighted by atomic mass is 10.0. The van der Waals surface area contributed by atoms with E-state index in [-0.39, 0.29) is 0 Å². The normalized spacial score (nSPS) is 22.5. The first-order chi connectivity index (χ1) is 13.8. The number of aliphatic imine (C=N–C) groups is 1. The number of piperazine rings is 1. The molecule has 2 atom stereocenters. The summed E-state index contributed by atoms with van der Waals surface area (Å²) in [6, 6.07) is 17.3. The van der Waals surface area contributed by atoms with Crippen molar-refractivity contribution in [2.75, 3.05) is 31.1 Å². The third-order valence-corrected chi connectivity index (χ3v) is 5.72. The Morgan fingerprint density at radius 3 is 2.50 bits per heavy atom. The van der Waals surface area contributed by atoms with Crippen LogP contribution < -0.4 is 10.6 Å². The quantitative estimate of drug-likeness (QED) is 0.565. The summed E-state index contributed by atoms with van der Waals surface area (Å²) in [5.41, 5.74) is 7.75. The highest BCUT2D eigenvalue weighted by molar-refractivity contribution is 5.87. The molecule has 1 aliphatic carbocycles. The van der Waals surface area contributed by atoms with Crippen LogP contribution in [0.1, 0.15) is 17.9 Å². The molecule has 0 bridgehead atoms. The molecule has 0 unspecified atom stereocenters. The number of rotatable bonds is 3. The van der Waals surface area contributed by atoms with E-state index in [2.05, 4.69) is 62.2 Å². The molecule has 3 aromatic rings. The van der Waals surface area contributed by atoms with E-state index >= 15 is 0 Å². The molecule has 0 radical (unpaired) electrons. The average molecular weight is 372 g/mol. The summed E-state index contributed by atoms with van der Waals surface area (Å²) < 4.78 is 0. The summed E-state index contributed by atoms with van der Waals surface area (Å²) in [5, 5.41) is 2.63. The molecule has 2 aromatic carbocycles. The fourth-order valence-corrected chi connectivity index (χ4v) is 4.07. The van der Waals surface area contributed by atoms with Gasteiger partial charge in [-0.3, -0.25) is 0 Å². The maximum atomic E-state index is 6.35. The highest BCUT2D eigenvalue weighted by atomic mass is 15.4. The average Bonchev–Trinajstić information content (AvgIpc) is 3.53. The van der Waals surface area contributed by atoms with E-state index in [1.54, 1.807) is 12.4 Å². The van der Waals surface area contributed by atoms with E-state index in [4.69, 9.17) is 10.7 Å². The molecule has 6 heteroatoms. The lowest BCUT2D eigenvalue weighted by molar-refractivity contribution is 0.378. The van der Waals surface area contributed by atoms with Gasteiger partial charge in [0.05, 0.1) is 6.04 Å². The summed E-state index contributed by atoms with van der Waals surface area (Å²) in [6.45, 7) is 3.41. The SMILES string of the molecule is NC(=N[C@@H]1C[C@H]1c1cccc2ccccc12)N1CCN(c2ncccn2)CC1. The van der Waals surface area contributed by atoms with Crippen molar-refractivity contribution in [3.8, 4) is 0 Å². The number of fused-ring (bicyclic) bond motifs is 1. The maximum Gasteiger partial charge on any atom is 0.225 e. The summed E-state index contributed by atoms with van der Waals surface area (Å²) in [4.78, 5) is 17.9. The standard InChI is InChI=1S/C22H24N6/c23-21(27-11-13-28(14-12-27)22-24-9-4-10-25-22)26-20-15-19(20)18-8-3-6-16-5-1-2-7-17(16)18/h1-10,19-20H,11-15H2,(H2,23,26)/t19-,20+/m0/s1. The summed E-state index contributed by atoms with van der Waals surface area (Å²) in [6.07, 6.45) is 4.64. The number of anilines is 1. The first kappa shape index (κ1) is 17.0. The molecule has 1 aromatic heterocycles. The predicted molar refractivity (Wildman–Crippen MR) is 113 cm³/mol. The molecule has 2 aliphatic rings. The highest BCUT2D eigenvalue weighted by Gasteiger charge is 2.39. The molecule has 0 amide bonds. The Kier molecular flexibility index (Phi) is 4.31. The zero-order valence-corrected chi connectivity index (χ0v) is 15.8. The third-order valence-electron chi connectivity index (χ3n) is 5.72. The molecule has 0 spiro atoms. The largest absolute Gasteiger partial charge is 0.370 e. The van der Waals surface area contributed by atoms with Gasteiger partial charge < -0.3 is 15.5 Å². The minimum atomic E-state index is 0.293. The molecule has 1 aliphatic heterocycles. The van der Waals surface area contributed by atoms with Crippen molar-refractivity contribution in [1.29, 1.82) is 0 Å². The first-order valence-electron chi connectivity index (χ1n) is 9.87. The van der Waals surface area contributed by atoms with Crippen LogP contribution in [0.15, 0.2) is 65.9 Å². The molecule has 2 N–H and O–H groups in total. The lowest BCUT2D eigenvalue weighted by Gasteiger charge is -2.35. The van der Waals surface area contributed by atoms with Crippen LogP contribution in [0.3, 0.4) is 0 Å². The zero-order chi connectivity index (χ0) is 18.9. The molecule has 5 rings (SSSR count). The highest BCUT2D eigenvalue weighted by Crippen LogP contribution is 2.46. The van der Waals surface area contributed by atoms with Gasteiger partial charge in [0.25, 0.3) is 0 Å². The monoisotopic (exact) mass is 372 g/mol. The second-order valence-corrected chi connectivity index (χ2v) is 7.49. The van der Waals surface area contributed by atoms with Crippen molar-refractivity contribution < 1.29 is 0 Å². The Morgan fingerprint density at radius 2 is 1.68 bits per heavy atom. The second kappa shape index (κ2) is 7.11. The van der Waals surface area contributed by atoms with Gasteiger partial charge in [0.15, 0.2) is 5.96 Å². The summed E-state index contributed by atoms with van der Waals surface area (Å²) in [5.74, 6) is 1.93. The number of nitrogens with zero attached hydrogens (tertiary/aromatic N) is 5. The Bertz CT molecular complexity index is 989. The Balaban J connectivity index is 1.24.